The van der Waals surface area contributed by atoms with Gasteiger partial charge in [-0.25, -0.2) is 15.0 Å². The van der Waals surface area contributed by atoms with Crippen molar-refractivity contribution in [1.29, 1.82) is 0 Å². The summed E-state index contributed by atoms with van der Waals surface area (Å²) in [6.45, 7) is 5.63. The molecule has 4 atom stereocenters. The summed E-state index contributed by atoms with van der Waals surface area (Å²) in [5, 5.41) is 9.69. The Morgan fingerprint density at radius 2 is 2.07 bits per heavy atom. The predicted octanol–water partition coefficient (Wildman–Crippen LogP) is 1.36. The summed E-state index contributed by atoms with van der Waals surface area (Å²) in [5.74, 6) is 5.89. The largest absolute Gasteiger partial charge is 0.394 e. The molecular weight excluding hydrogens is 362 g/mol. The van der Waals surface area contributed by atoms with E-state index in [2.05, 4.69) is 33.7 Å². The Morgan fingerprint density at radius 3 is 2.82 bits per heavy atom. The van der Waals surface area contributed by atoms with E-state index in [1.54, 1.807) is 10.9 Å². The molecular formula is C19H25N5O4. The standard InChI is InChI=1S/C19H25N5O4/c1-4-5-6-7-8-12-22-16(20)13-17(23-12)24(10-21-13)18-15-14(11(9-25)26-18)27-19(2,3)28-15/h10-11,14-15,18,25H,4-6,9H2,1-3H3,(H2,20,22,23)/t11-,14-,15-,18-/m1/s1. The molecule has 4 heterocycles. The molecule has 0 bridgehead atoms. The van der Waals surface area contributed by atoms with Crippen LogP contribution in [0, 0.1) is 11.8 Å². The Labute approximate surface area is 163 Å². The van der Waals surface area contributed by atoms with Crippen LogP contribution >= 0.6 is 0 Å². The highest BCUT2D eigenvalue weighted by atomic mass is 16.8. The van der Waals surface area contributed by atoms with Crippen LogP contribution in [0.4, 0.5) is 5.82 Å². The third kappa shape index (κ3) is 3.33. The first-order valence-electron chi connectivity index (χ1n) is 9.54. The van der Waals surface area contributed by atoms with E-state index in [0.717, 1.165) is 19.3 Å². The highest BCUT2D eigenvalue weighted by molar-refractivity contribution is 5.82. The number of ether oxygens (including phenoxy) is 3. The van der Waals surface area contributed by atoms with E-state index in [9.17, 15) is 5.11 Å². The van der Waals surface area contributed by atoms with Gasteiger partial charge in [0.2, 0.25) is 5.82 Å². The van der Waals surface area contributed by atoms with Crippen LogP contribution in [-0.4, -0.2) is 55.3 Å². The van der Waals surface area contributed by atoms with Gasteiger partial charge in [0.05, 0.1) is 12.9 Å². The molecule has 0 unspecified atom stereocenters. The molecule has 9 nitrogen and oxygen atoms in total. The number of hydrogen-bond donors (Lipinski definition) is 2. The molecule has 150 valence electrons. The minimum atomic E-state index is -0.759. The normalized spacial score (nSPS) is 28.3. The van der Waals surface area contributed by atoms with Crippen LogP contribution in [0.1, 0.15) is 52.1 Å². The molecule has 2 aliphatic rings. The number of anilines is 1. The smallest absolute Gasteiger partial charge is 0.208 e. The van der Waals surface area contributed by atoms with Crippen LogP contribution in [0.3, 0.4) is 0 Å². The van der Waals surface area contributed by atoms with Crippen molar-refractivity contribution in [2.24, 2.45) is 0 Å². The maximum absolute atomic E-state index is 9.69. The number of imidazole rings is 1. The third-order valence-corrected chi connectivity index (χ3v) is 4.88. The van der Waals surface area contributed by atoms with Crippen molar-refractivity contribution >= 4 is 17.0 Å². The number of aromatic nitrogens is 4. The van der Waals surface area contributed by atoms with Crippen LogP contribution in [0.15, 0.2) is 6.33 Å². The van der Waals surface area contributed by atoms with Crippen LogP contribution in [-0.2, 0) is 14.2 Å². The number of fused-ring (bicyclic) bond motifs is 2. The van der Waals surface area contributed by atoms with Crippen molar-refractivity contribution in [3.8, 4) is 11.8 Å². The summed E-state index contributed by atoms with van der Waals surface area (Å²) >= 11 is 0. The maximum Gasteiger partial charge on any atom is 0.208 e. The van der Waals surface area contributed by atoms with Crippen molar-refractivity contribution in [1.82, 2.24) is 19.5 Å². The zero-order valence-electron chi connectivity index (χ0n) is 16.3. The Balaban J connectivity index is 1.70. The topological polar surface area (TPSA) is 118 Å². The minimum Gasteiger partial charge on any atom is -0.394 e. The average Bonchev–Trinajstić information content (AvgIpc) is 3.29. The van der Waals surface area contributed by atoms with Gasteiger partial charge in [-0.2, -0.15) is 0 Å². The van der Waals surface area contributed by atoms with E-state index in [1.807, 2.05) is 13.8 Å². The predicted molar refractivity (Wildman–Crippen MR) is 101 cm³/mol. The van der Waals surface area contributed by atoms with Crippen molar-refractivity contribution in [3.63, 3.8) is 0 Å². The molecule has 3 N–H and O–H groups in total. The fourth-order valence-electron chi connectivity index (χ4n) is 3.62. The van der Waals surface area contributed by atoms with Gasteiger partial charge in [-0.3, -0.25) is 4.57 Å². The molecule has 0 saturated carbocycles. The second-order valence-corrected chi connectivity index (χ2v) is 7.47. The van der Waals surface area contributed by atoms with Crippen LogP contribution < -0.4 is 5.73 Å². The number of nitrogen functional groups attached to an aromatic ring is 1. The Hall–Kier alpha value is -2.25. The first kappa shape index (κ1) is 19.1. The number of nitrogens with zero attached hydrogens (tertiary/aromatic N) is 4. The fourth-order valence-corrected chi connectivity index (χ4v) is 3.62. The lowest BCUT2D eigenvalue weighted by atomic mass is 10.1. The van der Waals surface area contributed by atoms with Gasteiger partial charge >= 0.3 is 0 Å². The molecule has 2 saturated heterocycles. The lowest BCUT2D eigenvalue weighted by Crippen LogP contribution is -2.31. The van der Waals surface area contributed by atoms with Crippen molar-refractivity contribution < 1.29 is 19.3 Å². The van der Waals surface area contributed by atoms with Gasteiger partial charge in [0.15, 0.2) is 23.5 Å². The molecule has 2 aromatic rings. The minimum absolute atomic E-state index is 0.172. The number of nitrogens with two attached hydrogens (primary N) is 1. The zero-order chi connectivity index (χ0) is 19.9. The Morgan fingerprint density at radius 1 is 1.29 bits per heavy atom. The summed E-state index contributed by atoms with van der Waals surface area (Å²) in [6.07, 6.45) is 2.65. The SMILES string of the molecule is CCCCC#Cc1nc(N)c2ncn([C@@H]3O[C@H](CO)[C@H]4OC(C)(C)O[C@H]43)c2n1. The number of unbranched alkanes of at least 4 members (excludes halogenated alkanes) is 2. The second-order valence-electron chi connectivity index (χ2n) is 7.47. The monoisotopic (exact) mass is 387 g/mol. The van der Waals surface area contributed by atoms with Gasteiger partial charge in [0, 0.05) is 6.42 Å². The molecule has 2 fully saturated rings. The highest BCUT2D eigenvalue weighted by Gasteiger charge is 2.56. The third-order valence-electron chi connectivity index (χ3n) is 4.88. The first-order chi connectivity index (χ1) is 13.4. The lowest BCUT2D eigenvalue weighted by Gasteiger charge is -2.24. The Bertz CT molecular complexity index is 932. The molecule has 0 spiro atoms. The molecule has 0 amide bonds. The van der Waals surface area contributed by atoms with Gasteiger partial charge in [0.1, 0.15) is 23.8 Å². The lowest BCUT2D eigenvalue weighted by molar-refractivity contribution is -0.199. The number of aliphatic hydroxyl groups is 1. The van der Waals surface area contributed by atoms with Gasteiger partial charge in [-0.15, -0.1) is 0 Å². The Kier molecular flexibility index (Phi) is 4.97. The summed E-state index contributed by atoms with van der Waals surface area (Å²) in [4.78, 5) is 13.1. The first-order valence-corrected chi connectivity index (χ1v) is 9.54. The summed E-state index contributed by atoms with van der Waals surface area (Å²) < 4.78 is 19.7. The molecule has 4 rings (SSSR count). The van der Waals surface area contributed by atoms with Crippen LogP contribution in [0.2, 0.25) is 0 Å². The number of hydrogen-bond acceptors (Lipinski definition) is 8. The fraction of sp³-hybridized carbons (Fsp3) is 0.632. The summed E-state index contributed by atoms with van der Waals surface area (Å²) in [5.41, 5.74) is 7.06. The summed E-state index contributed by atoms with van der Waals surface area (Å²) in [7, 11) is 0. The van der Waals surface area contributed by atoms with Crippen molar-refractivity contribution in [2.45, 2.75) is 70.4 Å². The van der Waals surface area contributed by atoms with Crippen molar-refractivity contribution in [3.05, 3.63) is 12.2 Å². The van der Waals surface area contributed by atoms with E-state index in [0.29, 0.717) is 17.0 Å². The van der Waals surface area contributed by atoms with E-state index in [-0.39, 0.29) is 18.5 Å². The van der Waals surface area contributed by atoms with Gasteiger partial charge < -0.3 is 25.1 Å². The number of rotatable bonds is 4. The van der Waals surface area contributed by atoms with Crippen LogP contribution in [0.5, 0.6) is 0 Å². The maximum atomic E-state index is 9.69. The molecule has 0 aliphatic carbocycles. The van der Waals surface area contributed by atoms with Crippen molar-refractivity contribution in [2.75, 3.05) is 12.3 Å². The van der Waals surface area contributed by atoms with E-state index in [1.165, 1.54) is 0 Å². The molecule has 28 heavy (non-hydrogen) atoms. The van der Waals surface area contributed by atoms with E-state index >= 15 is 0 Å². The van der Waals surface area contributed by atoms with E-state index < -0.39 is 24.2 Å². The van der Waals surface area contributed by atoms with Gasteiger partial charge in [0.25, 0.3) is 0 Å². The summed E-state index contributed by atoms with van der Waals surface area (Å²) in [6, 6.07) is 0. The average molecular weight is 387 g/mol. The molecule has 0 aromatic carbocycles. The zero-order valence-corrected chi connectivity index (χ0v) is 16.3. The molecule has 2 aliphatic heterocycles. The second kappa shape index (κ2) is 7.29. The van der Waals surface area contributed by atoms with Gasteiger partial charge in [-0.1, -0.05) is 19.3 Å². The van der Waals surface area contributed by atoms with E-state index in [4.69, 9.17) is 19.9 Å². The highest BCUT2D eigenvalue weighted by Crippen LogP contribution is 2.43. The quantitative estimate of drug-likeness (QED) is 0.596. The molecule has 0 radical (unpaired) electrons. The molecule has 9 heteroatoms. The number of aliphatic hydroxyl groups excluding tert-OH is 1. The molecule has 2 aromatic heterocycles. The van der Waals surface area contributed by atoms with Gasteiger partial charge in [-0.05, 0) is 26.2 Å². The van der Waals surface area contributed by atoms with Crippen LogP contribution in [0.25, 0.3) is 11.2 Å².